The van der Waals surface area contributed by atoms with E-state index in [1.165, 1.54) is 25.0 Å². The van der Waals surface area contributed by atoms with Gasteiger partial charge in [-0.25, -0.2) is 13.1 Å². The Morgan fingerprint density at radius 1 is 1.16 bits per heavy atom. The van der Waals surface area contributed by atoms with E-state index in [2.05, 4.69) is 21.8 Å². The summed E-state index contributed by atoms with van der Waals surface area (Å²) in [6, 6.07) is 11.3. The molecule has 0 aromatic heterocycles. The van der Waals surface area contributed by atoms with Crippen molar-refractivity contribution in [3.05, 3.63) is 70.3 Å². The lowest BCUT2D eigenvalue weighted by Gasteiger charge is -2.46. The van der Waals surface area contributed by atoms with Gasteiger partial charge < -0.3 is 19.5 Å². The van der Waals surface area contributed by atoms with Gasteiger partial charge in [-0.05, 0) is 112 Å². The molecule has 1 saturated carbocycles. The number of anilines is 1. The van der Waals surface area contributed by atoms with Gasteiger partial charge in [-0.15, -0.1) is 0 Å². The number of benzene rings is 2. The van der Waals surface area contributed by atoms with Crippen molar-refractivity contribution in [2.24, 2.45) is 11.8 Å². The summed E-state index contributed by atoms with van der Waals surface area (Å²) in [5, 5.41) is 10.4. The van der Waals surface area contributed by atoms with Gasteiger partial charge in [-0.3, -0.25) is 4.79 Å². The van der Waals surface area contributed by atoms with Crippen molar-refractivity contribution >= 4 is 33.2 Å². The van der Waals surface area contributed by atoms with Crippen LogP contribution in [0.25, 0.3) is 0 Å². The molecule has 2 aliphatic carbocycles. The predicted octanol–water partition coefficient (Wildman–Crippen LogP) is 5.40. The van der Waals surface area contributed by atoms with Gasteiger partial charge in [-0.1, -0.05) is 29.8 Å². The zero-order valence-corrected chi connectivity index (χ0v) is 27.3. The number of carbonyl (C=O) groups excluding carboxylic acids is 1. The fraction of sp³-hybridized carbons (Fsp3) is 0.559. The number of aliphatic hydroxyl groups is 1. The second-order valence-corrected chi connectivity index (χ2v) is 15.9. The van der Waals surface area contributed by atoms with E-state index < -0.39 is 26.8 Å². The van der Waals surface area contributed by atoms with E-state index in [0.717, 1.165) is 49.4 Å². The monoisotopic (exact) mass is 642 g/mol. The van der Waals surface area contributed by atoms with Gasteiger partial charge in [0, 0.05) is 36.2 Å². The molecule has 8 nitrogen and oxygen atoms in total. The number of hydrogen-bond donors (Lipinski definition) is 2. The molecule has 2 aromatic carbocycles. The Hall–Kier alpha value is -2.59. The summed E-state index contributed by atoms with van der Waals surface area (Å²) >= 11 is 6.41. The van der Waals surface area contributed by atoms with E-state index in [0.29, 0.717) is 37.2 Å². The normalized spacial score (nSPS) is 31.0. The number of hydrogen-bond acceptors (Lipinski definition) is 7. The van der Waals surface area contributed by atoms with Crippen LogP contribution < -0.4 is 14.4 Å². The van der Waals surface area contributed by atoms with Gasteiger partial charge in [0.1, 0.15) is 11.0 Å². The number of ether oxygens (including phenoxy) is 2. The van der Waals surface area contributed by atoms with Gasteiger partial charge >= 0.3 is 0 Å². The third-order valence-electron chi connectivity index (χ3n) is 10.2. The van der Waals surface area contributed by atoms with Gasteiger partial charge in [0.15, 0.2) is 0 Å². The van der Waals surface area contributed by atoms with E-state index in [9.17, 15) is 18.3 Å². The lowest BCUT2D eigenvalue weighted by molar-refractivity contribution is 0.0131. The molecule has 6 rings (SSSR count). The third kappa shape index (κ3) is 6.00. The van der Waals surface area contributed by atoms with Crippen LogP contribution in [-0.2, 0) is 26.6 Å². The number of aryl methyl sites for hydroxylation is 1. The molecule has 238 valence electrons. The zero-order chi connectivity index (χ0) is 31.3. The van der Waals surface area contributed by atoms with Crippen molar-refractivity contribution < 1.29 is 27.8 Å². The lowest BCUT2D eigenvalue weighted by Crippen LogP contribution is -2.50. The Morgan fingerprint density at radius 2 is 1.98 bits per heavy atom. The first kappa shape index (κ1) is 31.4. The maximum Gasteiger partial charge on any atom is 0.264 e. The fourth-order valence-electron chi connectivity index (χ4n) is 7.81. The Morgan fingerprint density at radius 3 is 2.70 bits per heavy atom. The van der Waals surface area contributed by atoms with Gasteiger partial charge in [0.05, 0.1) is 24.0 Å². The molecular formula is C34H43ClN2O6S. The third-order valence-corrected chi connectivity index (χ3v) is 12.5. The minimum atomic E-state index is -4.21. The molecule has 5 atom stereocenters. The molecule has 2 N–H and O–H groups in total. The van der Waals surface area contributed by atoms with Crippen LogP contribution in [0.15, 0.2) is 48.6 Å². The number of amides is 1. The number of sulfonamides is 1. The van der Waals surface area contributed by atoms with Gasteiger partial charge in [-0.2, -0.15) is 0 Å². The first-order valence-corrected chi connectivity index (χ1v) is 17.6. The molecule has 10 heteroatoms. The lowest BCUT2D eigenvalue weighted by atomic mass is 9.68. The summed E-state index contributed by atoms with van der Waals surface area (Å²) < 4.78 is 41.7. The quantitative estimate of drug-likeness (QED) is 0.423. The summed E-state index contributed by atoms with van der Waals surface area (Å²) in [5.41, 5.74) is 1.72. The van der Waals surface area contributed by atoms with E-state index in [1.54, 1.807) is 25.3 Å². The molecule has 0 saturated heterocycles. The van der Waals surface area contributed by atoms with Crippen LogP contribution in [0.1, 0.15) is 73.9 Å². The Bertz CT molecular complexity index is 1550. The molecule has 1 spiro atoms. The standard InChI is InChI=1S/C34H43ClN2O6S/c1-33(2,39)31-9-5-4-8-29(42-3)26-13-10-24(26)19-37-20-34(16-6-7-22-17-25(35)12-14-27(22)34)21-43-30-15-11-23(18-28(30)37)32(38)36-44(31,40)41/h4,8,11-12,14-15,17-18,24,26,29,31,39H,5-7,9-10,13,16,19-21H2,1-3H3,(H,36,38)/b8-4+/t24?,26-,29+,31+,34+/m1/s1. The summed E-state index contributed by atoms with van der Waals surface area (Å²) in [7, 11) is -2.48. The molecule has 0 radical (unpaired) electrons. The molecule has 44 heavy (non-hydrogen) atoms. The predicted molar refractivity (Wildman–Crippen MR) is 172 cm³/mol. The van der Waals surface area contributed by atoms with E-state index >= 15 is 0 Å². The van der Waals surface area contributed by atoms with E-state index in [4.69, 9.17) is 21.1 Å². The van der Waals surface area contributed by atoms with Crippen LogP contribution in [0.2, 0.25) is 5.02 Å². The van der Waals surface area contributed by atoms with Crippen LogP contribution in [0.3, 0.4) is 0 Å². The van der Waals surface area contributed by atoms with Gasteiger partial charge in [0.25, 0.3) is 5.91 Å². The molecular weight excluding hydrogens is 600 g/mol. The summed E-state index contributed by atoms with van der Waals surface area (Å²) in [6.45, 7) is 4.89. The topological polar surface area (TPSA) is 105 Å². The highest BCUT2D eigenvalue weighted by Crippen LogP contribution is 2.47. The fourth-order valence-corrected chi connectivity index (χ4v) is 9.73. The van der Waals surface area contributed by atoms with Crippen LogP contribution in [0, 0.1) is 11.8 Å². The highest BCUT2D eigenvalue weighted by Gasteiger charge is 2.45. The second-order valence-electron chi connectivity index (χ2n) is 13.6. The van der Waals surface area contributed by atoms with E-state index in [-0.39, 0.29) is 23.5 Å². The number of nitrogens with zero attached hydrogens (tertiary/aromatic N) is 1. The minimum Gasteiger partial charge on any atom is -0.490 e. The van der Waals surface area contributed by atoms with Crippen molar-refractivity contribution in [3.8, 4) is 5.75 Å². The summed E-state index contributed by atoms with van der Waals surface area (Å²) in [5.74, 6) is 0.639. The molecule has 1 fully saturated rings. The smallest absolute Gasteiger partial charge is 0.264 e. The molecule has 1 amide bonds. The van der Waals surface area contributed by atoms with Crippen molar-refractivity contribution in [1.29, 1.82) is 0 Å². The number of carbonyl (C=O) groups is 1. The summed E-state index contributed by atoms with van der Waals surface area (Å²) in [4.78, 5) is 15.9. The molecule has 2 aromatic rings. The summed E-state index contributed by atoms with van der Waals surface area (Å²) in [6.07, 6.45) is 9.55. The second kappa shape index (κ2) is 12.0. The first-order chi connectivity index (χ1) is 20.9. The van der Waals surface area contributed by atoms with Gasteiger partial charge in [0.2, 0.25) is 10.0 Å². The van der Waals surface area contributed by atoms with Crippen molar-refractivity contribution in [2.45, 2.75) is 81.2 Å². The average molecular weight is 643 g/mol. The maximum absolute atomic E-state index is 13.5. The zero-order valence-electron chi connectivity index (χ0n) is 25.7. The first-order valence-electron chi connectivity index (χ1n) is 15.7. The van der Waals surface area contributed by atoms with Crippen LogP contribution in [-0.4, -0.2) is 63.2 Å². The van der Waals surface area contributed by atoms with Crippen molar-refractivity contribution in [1.82, 2.24) is 4.72 Å². The number of allylic oxidation sites excluding steroid dienone is 1. The van der Waals surface area contributed by atoms with E-state index in [1.807, 2.05) is 18.2 Å². The molecule has 2 aliphatic heterocycles. The Labute approximate surface area is 265 Å². The molecule has 4 aliphatic rings. The molecule has 1 unspecified atom stereocenters. The minimum absolute atomic E-state index is 0.0981. The van der Waals surface area contributed by atoms with Crippen LogP contribution in [0.5, 0.6) is 5.75 Å². The Kier molecular flexibility index (Phi) is 8.54. The number of fused-ring (bicyclic) bond motifs is 4. The van der Waals surface area contributed by atoms with Crippen LogP contribution >= 0.6 is 11.6 Å². The number of rotatable bonds is 2. The van der Waals surface area contributed by atoms with Crippen LogP contribution in [0.4, 0.5) is 5.69 Å². The average Bonchev–Trinajstić information content (AvgIpc) is 3.09. The molecule has 2 bridgehead atoms. The maximum atomic E-state index is 13.5. The highest BCUT2D eigenvalue weighted by atomic mass is 35.5. The number of nitrogens with one attached hydrogen (secondary N) is 1. The molecule has 2 heterocycles. The Balaban J connectivity index is 1.43. The SMILES string of the molecule is CO[C@H]1/C=C/CC[C@@H](C(C)(C)O)S(=O)(=O)NC(=O)c2ccc3c(c2)N(CC2CC[C@H]21)C[C@@]1(CCCc2cc(Cl)ccc21)CO3. The highest BCUT2D eigenvalue weighted by molar-refractivity contribution is 7.90. The number of halogens is 1. The number of methoxy groups -OCH3 is 1. The largest absolute Gasteiger partial charge is 0.490 e. The van der Waals surface area contributed by atoms with Crippen molar-refractivity contribution in [3.63, 3.8) is 0 Å². The van der Waals surface area contributed by atoms with Crippen molar-refractivity contribution in [2.75, 3.05) is 31.7 Å².